The quantitative estimate of drug-likeness (QED) is 0.390. The molecule has 4 aliphatic rings. The van der Waals surface area contributed by atoms with Crippen LogP contribution in [0.15, 0.2) is 30.3 Å². The Morgan fingerprint density at radius 3 is 2.39 bits per heavy atom. The van der Waals surface area contributed by atoms with Crippen molar-refractivity contribution in [3.63, 3.8) is 0 Å². The number of methoxy groups -OCH3 is 1. The van der Waals surface area contributed by atoms with E-state index < -0.39 is 0 Å². The van der Waals surface area contributed by atoms with Crippen molar-refractivity contribution < 1.29 is 19.7 Å². The first kappa shape index (κ1) is 27.9. The van der Waals surface area contributed by atoms with Gasteiger partial charge in [-0.25, -0.2) is 4.79 Å². The summed E-state index contributed by atoms with van der Waals surface area (Å²) in [5.74, 6) is 3.38. The zero-order chi connectivity index (χ0) is 27.2. The fourth-order valence-electron chi connectivity index (χ4n) is 10.4. The fourth-order valence-corrected chi connectivity index (χ4v) is 10.4. The summed E-state index contributed by atoms with van der Waals surface area (Å²) >= 11 is 0. The lowest BCUT2D eigenvalue weighted by molar-refractivity contribution is -0.203. The van der Waals surface area contributed by atoms with Crippen LogP contribution >= 0.6 is 0 Å². The molecule has 4 aliphatic carbocycles. The van der Waals surface area contributed by atoms with Gasteiger partial charge in [0, 0.05) is 0 Å². The minimum absolute atomic E-state index is 0.185. The van der Waals surface area contributed by atoms with Crippen molar-refractivity contribution in [3.8, 4) is 0 Å². The number of carbonyl (C=O) groups is 1. The van der Waals surface area contributed by atoms with E-state index in [2.05, 4.69) is 39.8 Å². The van der Waals surface area contributed by atoms with Crippen molar-refractivity contribution in [1.82, 2.24) is 0 Å². The van der Waals surface area contributed by atoms with E-state index in [1.165, 1.54) is 32.8 Å². The number of aliphatic hydroxyl groups excluding tert-OH is 2. The van der Waals surface area contributed by atoms with Crippen molar-refractivity contribution in [1.29, 1.82) is 0 Å². The maximum absolute atomic E-state index is 11.9. The summed E-state index contributed by atoms with van der Waals surface area (Å²) in [6.07, 6.45) is 14.1. The number of ether oxygens (including phenoxy) is 1. The van der Waals surface area contributed by atoms with Crippen LogP contribution < -0.4 is 0 Å². The van der Waals surface area contributed by atoms with Gasteiger partial charge in [-0.3, -0.25) is 0 Å². The molecule has 0 heterocycles. The van der Waals surface area contributed by atoms with Gasteiger partial charge in [-0.2, -0.15) is 0 Å². The lowest BCUT2D eigenvalue weighted by Gasteiger charge is -2.64. The Bertz CT molecular complexity index is 1020. The number of rotatable bonds is 6. The summed E-state index contributed by atoms with van der Waals surface area (Å²) in [5.41, 5.74) is 2.25. The highest BCUT2D eigenvalue weighted by Crippen LogP contribution is 2.69. The normalized spacial score (nSPS) is 43.2. The summed E-state index contributed by atoms with van der Waals surface area (Å²) in [7, 11) is 1.41. The third-order valence-electron chi connectivity index (χ3n) is 12.3. The van der Waals surface area contributed by atoms with Gasteiger partial charge in [0.1, 0.15) is 0 Å². The molecule has 3 unspecified atom stereocenters. The van der Waals surface area contributed by atoms with E-state index in [0.717, 1.165) is 37.7 Å². The van der Waals surface area contributed by atoms with Crippen molar-refractivity contribution >= 4 is 12.0 Å². The van der Waals surface area contributed by atoms with Gasteiger partial charge in [-0.1, -0.05) is 58.4 Å². The van der Waals surface area contributed by atoms with Crippen LogP contribution in [-0.2, 0) is 4.74 Å². The highest BCUT2D eigenvalue weighted by molar-refractivity contribution is 5.89. The number of hydrogen-bond acceptors (Lipinski definition) is 4. The molecule has 4 nitrogen and oxygen atoms in total. The third kappa shape index (κ3) is 4.58. The van der Waals surface area contributed by atoms with E-state index in [9.17, 15) is 15.0 Å². The summed E-state index contributed by atoms with van der Waals surface area (Å²) < 4.78 is 4.80. The molecular weight excluding hydrogens is 472 g/mol. The van der Waals surface area contributed by atoms with Gasteiger partial charge in [0.25, 0.3) is 0 Å². The number of aliphatic hydroxyl groups is 2. The second-order valence-electron chi connectivity index (χ2n) is 13.9. The largest absolute Gasteiger partial charge is 0.465 e. The number of allylic oxidation sites excluding steroid dienone is 1. The molecule has 4 saturated carbocycles. The first-order chi connectivity index (χ1) is 18.1. The molecule has 1 aromatic rings. The first-order valence-corrected chi connectivity index (χ1v) is 15.3. The standard InChI is InChI=1S/C34H50O4/c1-6-25-29-20-24(35)16-18-34(29,4)28-17-19-33(3)26(14-15-27(33)30(28)31(25)36)21(2)8-7-9-22-10-12-23(13-11-22)32(37)38-5/h7,9-13,21,24-31,35-36H,6,8,14-20H2,1-5H3/b9-7+/t21-,24-,25-,26-,27?,28?,29+,30?,31-,33-,34-/m1/s1. The summed E-state index contributed by atoms with van der Waals surface area (Å²) in [6.45, 7) is 9.77. The molecule has 1 aromatic carbocycles. The van der Waals surface area contributed by atoms with Gasteiger partial charge in [0.15, 0.2) is 0 Å². The molecule has 0 saturated heterocycles. The Labute approximate surface area is 230 Å². The van der Waals surface area contributed by atoms with E-state index >= 15 is 0 Å². The average Bonchev–Trinajstić information content (AvgIpc) is 3.27. The molecular formula is C34H50O4. The zero-order valence-electron chi connectivity index (χ0n) is 24.2. The molecule has 0 aromatic heterocycles. The number of carbonyl (C=O) groups excluding carboxylic acids is 1. The maximum Gasteiger partial charge on any atom is 0.337 e. The topological polar surface area (TPSA) is 66.8 Å². The molecule has 0 bridgehead atoms. The minimum atomic E-state index is -0.299. The van der Waals surface area contributed by atoms with Crippen LogP contribution in [0.4, 0.5) is 0 Å². The lowest BCUT2D eigenvalue weighted by atomic mass is 9.41. The number of fused-ring (bicyclic) bond motifs is 5. The van der Waals surface area contributed by atoms with Crippen molar-refractivity contribution in [2.75, 3.05) is 7.11 Å². The number of esters is 1. The predicted molar refractivity (Wildman–Crippen MR) is 152 cm³/mol. The molecule has 2 N–H and O–H groups in total. The molecule has 0 amide bonds. The second-order valence-corrected chi connectivity index (χ2v) is 13.9. The SMILES string of the molecule is CC[C@H]1[C@@H](O)C2C3CC[C@H]([C@H](C)C/C=C/c4ccc(C(=O)OC)cc4)[C@@]3(C)CCC2[C@@]2(C)CC[C@@H](O)C[C@@H]12. The van der Waals surface area contributed by atoms with Crippen molar-refractivity contribution in [2.24, 2.45) is 52.3 Å². The molecule has 0 spiro atoms. The predicted octanol–water partition coefficient (Wildman–Crippen LogP) is 7.14. The van der Waals surface area contributed by atoms with Gasteiger partial charge in [-0.15, -0.1) is 0 Å². The van der Waals surface area contributed by atoms with Crippen molar-refractivity contribution in [2.45, 2.75) is 97.7 Å². The molecule has 0 aliphatic heterocycles. The van der Waals surface area contributed by atoms with Crippen LogP contribution in [0, 0.1) is 52.3 Å². The Morgan fingerprint density at radius 1 is 1.03 bits per heavy atom. The molecule has 5 rings (SSSR count). The highest BCUT2D eigenvalue weighted by atomic mass is 16.5. The van der Waals surface area contributed by atoms with Crippen molar-refractivity contribution in [3.05, 3.63) is 41.5 Å². The smallest absolute Gasteiger partial charge is 0.337 e. The second kappa shape index (κ2) is 10.7. The maximum atomic E-state index is 11.9. The van der Waals surface area contributed by atoms with Crippen LogP contribution in [0.2, 0.25) is 0 Å². The van der Waals surface area contributed by atoms with Gasteiger partial charge in [0.2, 0.25) is 0 Å². The Hall–Kier alpha value is -1.65. The molecule has 4 fully saturated rings. The van der Waals surface area contributed by atoms with E-state index in [0.29, 0.717) is 52.4 Å². The molecule has 4 heteroatoms. The summed E-state index contributed by atoms with van der Waals surface area (Å²) in [6, 6.07) is 7.61. The van der Waals surface area contributed by atoms with Gasteiger partial charge in [-0.05, 0) is 121 Å². The number of benzene rings is 1. The number of hydrogen-bond donors (Lipinski definition) is 2. The van der Waals surface area contributed by atoms with Crippen LogP contribution in [-0.4, -0.2) is 35.5 Å². The molecule has 38 heavy (non-hydrogen) atoms. The van der Waals surface area contributed by atoms with E-state index in [1.807, 2.05) is 24.3 Å². The minimum Gasteiger partial charge on any atom is -0.465 e. The van der Waals surface area contributed by atoms with E-state index in [-0.39, 0.29) is 23.6 Å². The fraction of sp³-hybridized carbons (Fsp3) is 0.735. The van der Waals surface area contributed by atoms with Crippen LogP contribution in [0.5, 0.6) is 0 Å². The summed E-state index contributed by atoms with van der Waals surface area (Å²) in [4.78, 5) is 11.7. The molecule has 210 valence electrons. The third-order valence-corrected chi connectivity index (χ3v) is 12.3. The Balaban J connectivity index is 1.30. The Kier molecular flexibility index (Phi) is 7.88. The van der Waals surface area contributed by atoms with Crippen LogP contribution in [0.25, 0.3) is 6.08 Å². The van der Waals surface area contributed by atoms with E-state index in [4.69, 9.17) is 4.74 Å². The molecule has 11 atom stereocenters. The van der Waals surface area contributed by atoms with E-state index in [1.54, 1.807) is 0 Å². The monoisotopic (exact) mass is 522 g/mol. The van der Waals surface area contributed by atoms with Crippen LogP contribution in [0.3, 0.4) is 0 Å². The van der Waals surface area contributed by atoms with Gasteiger partial charge >= 0.3 is 5.97 Å². The average molecular weight is 523 g/mol. The van der Waals surface area contributed by atoms with Crippen LogP contribution in [0.1, 0.15) is 101 Å². The first-order valence-electron chi connectivity index (χ1n) is 15.3. The zero-order valence-corrected chi connectivity index (χ0v) is 24.2. The Morgan fingerprint density at radius 2 is 1.71 bits per heavy atom. The van der Waals surface area contributed by atoms with Gasteiger partial charge < -0.3 is 14.9 Å². The summed E-state index contributed by atoms with van der Waals surface area (Å²) in [5, 5.41) is 22.4. The lowest BCUT2D eigenvalue weighted by Crippen LogP contribution is -2.62. The van der Waals surface area contributed by atoms with Gasteiger partial charge in [0.05, 0.1) is 24.9 Å². The molecule has 0 radical (unpaired) electrons. The highest BCUT2D eigenvalue weighted by Gasteiger charge is 2.64.